The fraction of sp³-hybridized carbons (Fsp3) is 0.714. The van der Waals surface area contributed by atoms with Gasteiger partial charge in [0.25, 0.3) is 10.1 Å². The molecule has 1 atom stereocenters. The zero-order chi connectivity index (χ0) is 20.8. The van der Waals surface area contributed by atoms with E-state index in [1.165, 1.54) is 0 Å². The second kappa shape index (κ2) is 14.1. The predicted molar refractivity (Wildman–Crippen MR) is 114 cm³/mol. The van der Waals surface area contributed by atoms with Crippen molar-refractivity contribution >= 4 is 10.1 Å². The molecule has 0 fully saturated rings. The van der Waals surface area contributed by atoms with E-state index in [0.29, 0.717) is 19.3 Å². The standard InChI is InChI=1S/C19H32O4S.C2H7N/c1-3-11-17(12-4-2)19(20,18-13-7-5-8-14-18)15-9-6-10-16-24(21,22)23;1-3-2/h5,7-8,13-14,17,20H,3-4,6,9-12,15-16H2,1-2H3,(H,21,22,23);3H,1-2H3. The maximum atomic E-state index is 11.5. The summed E-state index contributed by atoms with van der Waals surface area (Å²) in [5.41, 5.74) is 0.0810. The van der Waals surface area contributed by atoms with Crippen LogP contribution in [-0.2, 0) is 15.7 Å². The van der Waals surface area contributed by atoms with Crippen molar-refractivity contribution in [3.8, 4) is 0 Å². The van der Waals surface area contributed by atoms with Crippen LogP contribution in [0.3, 0.4) is 0 Å². The molecule has 0 bridgehead atoms. The number of aliphatic hydroxyl groups is 1. The van der Waals surface area contributed by atoms with Crippen molar-refractivity contribution < 1.29 is 18.1 Å². The molecule has 0 heterocycles. The lowest BCUT2D eigenvalue weighted by Crippen LogP contribution is -2.35. The van der Waals surface area contributed by atoms with Crippen LogP contribution in [-0.4, -0.2) is 37.9 Å². The molecule has 0 saturated carbocycles. The number of hydrogen-bond acceptors (Lipinski definition) is 4. The van der Waals surface area contributed by atoms with Gasteiger partial charge in [0.1, 0.15) is 0 Å². The average Bonchev–Trinajstić information content (AvgIpc) is 2.61. The van der Waals surface area contributed by atoms with Gasteiger partial charge in [0, 0.05) is 0 Å². The number of rotatable bonds is 12. The molecule has 6 heteroatoms. The third-order valence-corrected chi connectivity index (χ3v) is 5.49. The Bertz CT molecular complexity index is 571. The minimum absolute atomic E-state index is 0.204. The van der Waals surface area contributed by atoms with Gasteiger partial charge in [-0.3, -0.25) is 4.55 Å². The van der Waals surface area contributed by atoms with Crippen molar-refractivity contribution in [2.75, 3.05) is 19.8 Å². The molecule has 3 N–H and O–H groups in total. The SMILES string of the molecule is CCCC(CCC)C(O)(CCCCCS(=O)(=O)O)c1ccccc1.CNC. The molecule has 0 amide bonds. The van der Waals surface area contributed by atoms with E-state index in [2.05, 4.69) is 19.2 Å². The Morgan fingerprint density at radius 2 is 1.52 bits per heavy atom. The first-order chi connectivity index (χ1) is 12.7. The molecule has 0 saturated heterocycles. The van der Waals surface area contributed by atoms with Gasteiger partial charge in [0.15, 0.2) is 0 Å². The normalized spacial score (nSPS) is 13.7. The van der Waals surface area contributed by atoms with Crippen molar-refractivity contribution in [1.82, 2.24) is 5.32 Å². The molecule has 0 aliphatic rings. The van der Waals surface area contributed by atoms with E-state index in [1.807, 2.05) is 44.4 Å². The smallest absolute Gasteiger partial charge is 0.264 e. The molecule has 1 aromatic carbocycles. The summed E-state index contributed by atoms with van der Waals surface area (Å²) < 4.78 is 30.4. The van der Waals surface area contributed by atoms with E-state index in [-0.39, 0.29) is 11.7 Å². The van der Waals surface area contributed by atoms with Gasteiger partial charge in [0.2, 0.25) is 0 Å². The van der Waals surface area contributed by atoms with Crippen LogP contribution in [0.1, 0.15) is 70.8 Å². The highest BCUT2D eigenvalue weighted by atomic mass is 32.2. The number of nitrogens with one attached hydrogen (secondary N) is 1. The summed E-state index contributed by atoms with van der Waals surface area (Å²) in [6.45, 7) is 4.28. The van der Waals surface area contributed by atoms with Crippen LogP contribution in [0.15, 0.2) is 30.3 Å². The molecule has 0 aliphatic heterocycles. The van der Waals surface area contributed by atoms with Crippen molar-refractivity contribution in [3.63, 3.8) is 0 Å². The van der Waals surface area contributed by atoms with Crippen LogP contribution in [0.5, 0.6) is 0 Å². The Labute approximate surface area is 166 Å². The molecule has 0 radical (unpaired) electrons. The number of hydrogen-bond donors (Lipinski definition) is 3. The van der Waals surface area contributed by atoms with Crippen LogP contribution in [0.4, 0.5) is 0 Å². The molecule has 5 nitrogen and oxygen atoms in total. The molecule has 0 aliphatic carbocycles. The first-order valence-corrected chi connectivity index (χ1v) is 11.7. The Balaban J connectivity index is 0.00000210. The first kappa shape index (κ1) is 26.1. The summed E-state index contributed by atoms with van der Waals surface area (Å²) in [6.07, 6.45) is 6.48. The highest BCUT2D eigenvalue weighted by Gasteiger charge is 2.36. The largest absolute Gasteiger partial charge is 0.385 e. The molecule has 0 aromatic heterocycles. The zero-order valence-corrected chi connectivity index (χ0v) is 18.3. The fourth-order valence-electron chi connectivity index (χ4n) is 3.49. The molecular formula is C21H39NO4S. The van der Waals surface area contributed by atoms with Gasteiger partial charge in [-0.25, -0.2) is 0 Å². The van der Waals surface area contributed by atoms with Crippen molar-refractivity contribution in [1.29, 1.82) is 0 Å². The fourth-order valence-corrected chi connectivity index (χ4v) is 4.05. The van der Waals surface area contributed by atoms with Gasteiger partial charge in [-0.15, -0.1) is 0 Å². The highest BCUT2D eigenvalue weighted by molar-refractivity contribution is 7.85. The van der Waals surface area contributed by atoms with Crippen LogP contribution in [0, 0.1) is 5.92 Å². The second-order valence-corrected chi connectivity index (χ2v) is 8.73. The molecule has 1 unspecified atom stereocenters. The Kier molecular flexibility index (Phi) is 13.6. The van der Waals surface area contributed by atoms with E-state index in [0.717, 1.165) is 37.7 Å². The topological polar surface area (TPSA) is 86.6 Å². The molecule has 158 valence electrons. The minimum atomic E-state index is -3.89. The third-order valence-electron chi connectivity index (χ3n) is 4.68. The summed E-state index contributed by atoms with van der Waals surface area (Å²) in [4.78, 5) is 0. The molecule has 0 spiro atoms. The van der Waals surface area contributed by atoms with E-state index < -0.39 is 15.7 Å². The predicted octanol–water partition coefficient (Wildman–Crippen LogP) is 4.37. The molecule has 27 heavy (non-hydrogen) atoms. The number of benzene rings is 1. The minimum Gasteiger partial charge on any atom is -0.385 e. The van der Waals surface area contributed by atoms with Crippen LogP contribution in [0.2, 0.25) is 0 Å². The quantitative estimate of drug-likeness (QED) is 0.357. The van der Waals surface area contributed by atoms with E-state index in [9.17, 15) is 13.5 Å². The first-order valence-electron chi connectivity index (χ1n) is 10.1. The van der Waals surface area contributed by atoms with Gasteiger partial charge in [0.05, 0.1) is 11.4 Å². The maximum absolute atomic E-state index is 11.5. The lowest BCUT2D eigenvalue weighted by molar-refractivity contribution is -0.0415. The zero-order valence-electron chi connectivity index (χ0n) is 17.4. The Morgan fingerprint density at radius 1 is 1.00 bits per heavy atom. The summed E-state index contributed by atoms with van der Waals surface area (Å²) in [6, 6.07) is 9.82. The Hall–Kier alpha value is -0.950. The van der Waals surface area contributed by atoms with Crippen molar-refractivity contribution in [2.45, 2.75) is 70.8 Å². The van der Waals surface area contributed by atoms with Gasteiger partial charge in [-0.05, 0) is 51.3 Å². The lowest BCUT2D eigenvalue weighted by atomic mass is 9.73. The molecule has 1 rings (SSSR count). The van der Waals surface area contributed by atoms with Gasteiger partial charge in [-0.2, -0.15) is 8.42 Å². The van der Waals surface area contributed by atoms with Gasteiger partial charge in [-0.1, -0.05) is 69.9 Å². The summed E-state index contributed by atoms with van der Waals surface area (Å²) in [5, 5.41) is 14.2. The van der Waals surface area contributed by atoms with Crippen LogP contribution >= 0.6 is 0 Å². The van der Waals surface area contributed by atoms with E-state index in [1.54, 1.807) is 0 Å². The van der Waals surface area contributed by atoms with Crippen LogP contribution in [0.25, 0.3) is 0 Å². The Morgan fingerprint density at radius 3 is 1.96 bits per heavy atom. The number of unbranched alkanes of at least 4 members (excludes halogenated alkanes) is 2. The summed E-state index contributed by atoms with van der Waals surface area (Å²) in [7, 11) is -0.138. The summed E-state index contributed by atoms with van der Waals surface area (Å²) >= 11 is 0. The summed E-state index contributed by atoms with van der Waals surface area (Å²) in [5.74, 6) is 0.000817. The second-order valence-electron chi connectivity index (χ2n) is 7.16. The van der Waals surface area contributed by atoms with Gasteiger partial charge < -0.3 is 10.4 Å². The van der Waals surface area contributed by atoms with Crippen molar-refractivity contribution in [3.05, 3.63) is 35.9 Å². The average molecular weight is 402 g/mol. The lowest BCUT2D eigenvalue weighted by Gasteiger charge is -2.37. The molecular weight excluding hydrogens is 362 g/mol. The van der Waals surface area contributed by atoms with E-state index >= 15 is 0 Å². The van der Waals surface area contributed by atoms with Crippen LogP contribution < -0.4 is 5.32 Å². The monoisotopic (exact) mass is 401 g/mol. The highest BCUT2D eigenvalue weighted by Crippen LogP contribution is 2.40. The molecule has 1 aromatic rings. The van der Waals surface area contributed by atoms with Crippen molar-refractivity contribution in [2.24, 2.45) is 5.92 Å². The van der Waals surface area contributed by atoms with Gasteiger partial charge >= 0.3 is 0 Å². The van der Waals surface area contributed by atoms with E-state index in [4.69, 9.17) is 4.55 Å². The third kappa shape index (κ3) is 10.8. The maximum Gasteiger partial charge on any atom is 0.264 e.